The van der Waals surface area contributed by atoms with Crippen LogP contribution in [0.2, 0.25) is 0 Å². The van der Waals surface area contributed by atoms with Crippen molar-refractivity contribution in [2.45, 2.75) is 38.5 Å². The molecule has 0 aromatic carbocycles. The predicted octanol–water partition coefficient (Wildman–Crippen LogP) is 2.23. The van der Waals surface area contributed by atoms with Gasteiger partial charge in [-0.15, -0.1) is 11.3 Å². The first-order chi connectivity index (χ1) is 9.61. The Bertz CT molecular complexity index is 487. The van der Waals surface area contributed by atoms with Crippen molar-refractivity contribution in [3.8, 4) is 0 Å². The van der Waals surface area contributed by atoms with E-state index in [2.05, 4.69) is 5.16 Å². The lowest BCUT2D eigenvalue weighted by molar-refractivity contribution is 0.0803. The van der Waals surface area contributed by atoms with Crippen LogP contribution in [0.25, 0.3) is 0 Å². The molecule has 0 fully saturated rings. The molecular weight excluding hydrogens is 274 g/mol. The van der Waals surface area contributed by atoms with E-state index in [0.29, 0.717) is 13.0 Å². The summed E-state index contributed by atoms with van der Waals surface area (Å²) < 4.78 is 0. The van der Waals surface area contributed by atoms with Crippen molar-refractivity contribution in [1.29, 1.82) is 0 Å². The Morgan fingerprint density at radius 3 is 2.95 bits per heavy atom. The number of nitrogens with two attached hydrogens (primary N) is 1. The Morgan fingerprint density at radius 2 is 2.20 bits per heavy atom. The molecule has 20 heavy (non-hydrogen) atoms. The molecule has 0 radical (unpaired) electrons. The Balaban J connectivity index is 2.02. The van der Waals surface area contributed by atoms with E-state index >= 15 is 0 Å². The topological polar surface area (TPSA) is 78.9 Å². The Hall–Kier alpha value is -1.56. The Morgan fingerprint density at radius 1 is 1.45 bits per heavy atom. The highest BCUT2D eigenvalue weighted by atomic mass is 32.1. The largest absolute Gasteiger partial charge is 0.409 e. The van der Waals surface area contributed by atoms with Crippen molar-refractivity contribution in [3.63, 3.8) is 0 Å². The quantitative estimate of drug-likeness (QED) is 0.294. The summed E-state index contributed by atoms with van der Waals surface area (Å²) in [5, 5.41) is 11.4. The lowest BCUT2D eigenvalue weighted by Gasteiger charge is -2.15. The van der Waals surface area contributed by atoms with E-state index in [1.165, 1.54) is 29.7 Å². The number of amides is 1. The highest BCUT2D eigenvalue weighted by Crippen LogP contribution is 2.29. The number of amidine groups is 1. The molecule has 0 bridgehead atoms. The van der Waals surface area contributed by atoms with Crippen LogP contribution >= 0.6 is 11.3 Å². The van der Waals surface area contributed by atoms with Gasteiger partial charge in [-0.3, -0.25) is 4.79 Å². The van der Waals surface area contributed by atoms with Crippen LogP contribution in [-0.2, 0) is 12.8 Å². The summed E-state index contributed by atoms with van der Waals surface area (Å²) in [5.41, 5.74) is 6.77. The van der Waals surface area contributed by atoms with E-state index in [4.69, 9.17) is 10.9 Å². The van der Waals surface area contributed by atoms with E-state index in [9.17, 15) is 4.79 Å². The SMILES string of the molecule is CN(CC/C(N)=N/O)C(=O)c1cc2c(s1)CCCCC2. The van der Waals surface area contributed by atoms with Gasteiger partial charge in [0.2, 0.25) is 0 Å². The lowest BCUT2D eigenvalue weighted by Crippen LogP contribution is -2.30. The van der Waals surface area contributed by atoms with Gasteiger partial charge in [0, 0.05) is 24.9 Å². The number of hydrogen-bond donors (Lipinski definition) is 2. The molecule has 1 amide bonds. The molecule has 5 nitrogen and oxygen atoms in total. The van der Waals surface area contributed by atoms with Crippen LogP contribution in [0.3, 0.4) is 0 Å². The summed E-state index contributed by atoms with van der Waals surface area (Å²) in [7, 11) is 1.75. The molecule has 1 aromatic rings. The van der Waals surface area contributed by atoms with Gasteiger partial charge in [0.15, 0.2) is 0 Å². The molecule has 3 N–H and O–H groups in total. The van der Waals surface area contributed by atoms with Gasteiger partial charge in [-0.25, -0.2) is 0 Å². The lowest BCUT2D eigenvalue weighted by atomic mass is 10.1. The van der Waals surface area contributed by atoms with Crippen LogP contribution in [0.5, 0.6) is 0 Å². The van der Waals surface area contributed by atoms with Crippen molar-refractivity contribution in [2.75, 3.05) is 13.6 Å². The fraction of sp³-hybridized carbons (Fsp3) is 0.571. The maximum absolute atomic E-state index is 12.3. The average Bonchev–Trinajstić information content (AvgIpc) is 2.74. The molecule has 1 aliphatic rings. The first kappa shape index (κ1) is 14.8. The summed E-state index contributed by atoms with van der Waals surface area (Å²) in [6.45, 7) is 0.456. The smallest absolute Gasteiger partial charge is 0.263 e. The molecule has 1 heterocycles. The summed E-state index contributed by atoms with van der Waals surface area (Å²) in [6, 6.07) is 2.05. The van der Waals surface area contributed by atoms with Crippen molar-refractivity contribution in [1.82, 2.24) is 4.90 Å². The van der Waals surface area contributed by atoms with Gasteiger partial charge in [-0.05, 0) is 37.3 Å². The molecular formula is C14H21N3O2S. The summed E-state index contributed by atoms with van der Waals surface area (Å²) >= 11 is 1.62. The second-order valence-electron chi connectivity index (χ2n) is 5.19. The van der Waals surface area contributed by atoms with E-state index in [1.807, 2.05) is 6.07 Å². The monoisotopic (exact) mass is 295 g/mol. The van der Waals surface area contributed by atoms with Gasteiger partial charge in [0.1, 0.15) is 5.84 Å². The van der Waals surface area contributed by atoms with E-state index < -0.39 is 0 Å². The molecule has 0 aliphatic heterocycles. The van der Waals surface area contributed by atoms with Crippen LogP contribution in [0.15, 0.2) is 11.2 Å². The fourth-order valence-electron chi connectivity index (χ4n) is 2.39. The van der Waals surface area contributed by atoms with Crippen LogP contribution in [0.1, 0.15) is 45.8 Å². The third-order valence-electron chi connectivity index (χ3n) is 3.64. The third-order valence-corrected chi connectivity index (χ3v) is 4.86. The minimum Gasteiger partial charge on any atom is -0.409 e. The van der Waals surface area contributed by atoms with Crippen LogP contribution in [0.4, 0.5) is 0 Å². The van der Waals surface area contributed by atoms with Gasteiger partial charge < -0.3 is 15.8 Å². The number of fused-ring (bicyclic) bond motifs is 1. The van der Waals surface area contributed by atoms with Gasteiger partial charge >= 0.3 is 0 Å². The number of hydrogen-bond acceptors (Lipinski definition) is 4. The molecule has 0 saturated heterocycles. The van der Waals surface area contributed by atoms with Crippen LogP contribution in [0, 0.1) is 0 Å². The van der Waals surface area contributed by atoms with Gasteiger partial charge in [0.05, 0.1) is 4.88 Å². The van der Waals surface area contributed by atoms with Gasteiger partial charge in [-0.1, -0.05) is 11.6 Å². The molecule has 0 atom stereocenters. The second-order valence-corrected chi connectivity index (χ2v) is 6.32. The van der Waals surface area contributed by atoms with Crippen molar-refractivity contribution < 1.29 is 10.0 Å². The molecule has 0 unspecified atom stereocenters. The minimum absolute atomic E-state index is 0.0220. The van der Waals surface area contributed by atoms with Gasteiger partial charge in [-0.2, -0.15) is 0 Å². The minimum atomic E-state index is 0.0220. The predicted molar refractivity (Wildman–Crippen MR) is 80.6 cm³/mol. The number of thiophene rings is 1. The molecule has 2 rings (SSSR count). The Kier molecular flexibility index (Phi) is 5.00. The second kappa shape index (κ2) is 6.74. The van der Waals surface area contributed by atoms with E-state index in [0.717, 1.165) is 17.7 Å². The van der Waals surface area contributed by atoms with Crippen molar-refractivity contribution in [3.05, 3.63) is 21.4 Å². The summed E-state index contributed by atoms with van der Waals surface area (Å²) in [5.74, 6) is 0.167. The third kappa shape index (κ3) is 3.50. The standard InChI is InChI=1S/C14H21N3O2S/c1-17(8-7-13(15)16-19)14(18)12-9-10-5-3-2-4-6-11(10)20-12/h9,19H,2-8H2,1H3,(H2,15,16). The molecule has 0 saturated carbocycles. The van der Waals surface area contributed by atoms with Crippen molar-refractivity contribution >= 4 is 23.1 Å². The van der Waals surface area contributed by atoms with Crippen molar-refractivity contribution in [2.24, 2.45) is 10.9 Å². The number of carbonyl (C=O) groups is 1. The molecule has 0 spiro atoms. The van der Waals surface area contributed by atoms with E-state index in [1.54, 1.807) is 23.3 Å². The Labute approximate surface area is 123 Å². The zero-order valence-corrected chi connectivity index (χ0v) is 12.6. The first-order valence-corrected chi connectivity index (χ1v) is 7.77. The molecule has 110 valence electrons. The van der Waals surface area contributed by atoms with Gasteiger partial charge in [0.25, 0.3) is 5.91 Å². The molecule has 6 heteroatoms. The normalized spacial score (nSPS) is 15.6. The molecule has 1 aliphatic carbocycles. The number of aryl methyl sites for hydroxylation is 2. The number of nitrogens with zero attached hydrogens (tertiary/aromatic N) is 2. The maximum Gasteiger partial charge on any atom is 0.263 e. The van der Waals surface area contributed by atoms with Crippen LogP contribution < -0.4 is 5.73 Å². The highest BCUT2D eigenvalue weighted by Gasteiger charge is 2.19. The maximum atomic E-state index is 12.3. The zero-order chi connectivity index (χ0) is 14.5. The average molecular weight is 295 g/mol. The number of carbonyl (C=O) groups excluding carboxylic acids is 1. The molecule has 1 aromatic heterocycles. The number of rotatable bonds is 4. The highest BCUT2D eigenvalue weighted by molar-refractivity contribution is 7.14. The zero-order valence-electron chi connectivity index (χ0n) is 11.8. The number of oxime groups is 1. The first-order valence-electron chi connectivity index (χ1n) is 6.95. The van der Waals surface area contributed by atoms with Crippen LogP contribution in [-0.4, -0.2) is 35.4 Å². The summed E-state index contributed by atoms with van der Waals surface area (Å²) in [4.78, 5) is 16.1. The summed E-state index contributed by atoms with van der Waals surface area (Å²) in [6.07, 6.45) is 6.29. The van der Waals surface area contributed by atoms with E-state index in [-0.39, 0.29) is 11.7 Å². The fourth-order valence-corrected chi connectivity index (χ4v) is 3.64.